The lowest BCUT2D eigenvalue weighted by molar-refractivity contribution is 0.397. The molecule has 3 atom stereocenters. The molecule has 1 fully saturated rings. The smallest absolute Gasteiger partial charge is 0.0362 e. The highest BCUT2D eigenvalue weighted by Gasteiger charge is 2.24. The lowest BCUT2D eigenvalue weighted by atomic mass is 9.95. The molecule has 1 rings (SSSR count). The van der Waals surface area contributed by atoms with Crippen molar-refractivity contribution in [3.8, 4) is 0 Å². The molecule has 0 saturated heterocycles. The zero-order valence-electron chi connectivity index (χ0n) is 10.1. The van der Waals surface area contributed by atoms with Gasteiger partial charge in [-0.1, -0.05) is 26.2 Å². The summed E-state index contributed by atoms with van der Waals surface area (Å²) in [7, 11) is 1.45. The summed E-state index contributed by atoms with van der Waals surface area (Å²) in [5, 5.41) is 3.79. The third kappa shape index (κ3) is 4.64. The van der Waals surface area contributed by atoms with Crippen LogP contribution in [0.3, 0.4) is 0 Å². The summed E-state index contributed by atoms with van der Waals surface area (Å²) < 4.78 is 12.0. The Kier molecular flexibility index (Phi) is 6.50. The Hall–Kier alpha value is 0.110. The average molecular weight is 231 g/mol. The molecule has 1 aliphatic carbocycles. The number of hydrogen-bond acceptors (Lipinski definition) is 2. The molecule has 0 aromatic carbocycles. The van der Waals surface area contributed by atoms with Crippen molar-refractivity contribution in [2.75, 3.05) is 12.8 Å². The number of hydrogen-bond donors (Lipinski definition) is 1. The molecule has 2 nitrogen and oxygen atoms in total. The maximum Gasteiger partial charge on any atom is 0.0362 e. The Morgan fingerprint density at radius 3 is 2.80 bits per heavy atom. The van der Waals surface area contributed by atoms with Crippen LogP contribution in [0.4, 0.5) is 0 Å². The zero-order valence-corrected chi connectivity index (χ0v) is 10.9. The van der Waals surface area contributed by atoms with Gasteiger partial charge in [0.1, 0.15) is 0 Å². The van der Waals surface area contributed by atoms with Crippen molar-refractivity contribution in [1.29, 1.82) is 0 Å². The van der Waals surface area contributed by atoms with Gasteiger partial charge in [0, 0.05) is 27.8 Å². The third-order valence-electron chi connectivity index (χ3n) is 3.36. The van der Waals surface area contributed by atoms with Crippen molar-refractivity contribution in [2.45, 2.75) is 63.2 Å². The maximum atomic E-state index is 12.0. The van der Waals surface area contributed by atoms with E-state index in [-0.39, 0.29) is 0 Å². The van der Waals surface area contributed by atoms with Gasteiger partial charge in [-0.2, -0.15) is 0 Å². The highest BCUT2D eigenvalue weighted by molar-refractivity contribution is 7.85. The molecular weight excluding hydrogens is 206 g/mol. The summed E-state index contributed by atoms with van der Waals surface area (Å²) in [6.45, 7) is 2.20. The Labute approximate surface area is 96.7 Å². The SMILES string of the molecule is CCCCCS(=O)C1CCCC(NC)C1. The molecule has 1 N–H and O–H groups in total. The molecule has 3 heteroatoms. The van der Waals surface area contributed by atoms with Crippen LogP contribution in [0.25, 0.3) is 0 Å². The fourth-order valence-corrected chi connectivity index (χ4v) is 4.01. The van der Waals surface area contributed by atoms with Crippen molar-refractivity contribution in [3.63, 3.8) is 0 Å². The Balaban J connectivity index is 2.25. The van der Waals surface area contributed by atoms with Crippen LogP contribution in [-0.4, -0.2) is 28.3 Å². The molecular formula is C12H25NOS. The van der Waals surface area contributed by atoms with E-state index >= 15 is 0 Å². The Morgan fingerprint density at radius 2 is 2.13 bits per heavy atom. The van der Waals surface area contributed by atoms with Gasteiger partial charge in [0.2, 0.25) is 0 Å². The van der Waals surface area contributed by atoms with Crippen LogP contribution in [0.15, 0.2) is 0 Å². The molecule has 90 valence electrons. The Morgan fingerprint density at radius 1 is 1.33 bits per heavy atom. The second-order valence-corrected chi connectivity index (χ2v) is 6.40. The van der Waals surface area contributed by atoms with Gasteiger partial charge in [0.05, 0.1) is 0 Å². The van der Waals surface area contributed by atoms with Crippen LogP contribution in [-0.2, 0) is 10.8 Å². The summed E-state index contributed by atoms with van der Waals surface area (Å²) in [5.74, 6) is 0.926. The van der Waals surface area contributed by atoms with Crippen molar-refractivity contribution >= 4 is 10.8 Å². The highest BCUT2D eigenvalue weighted by Crippen LogP contribution is 2.23. The van der Waals surface area contributed by atoms with E-state index in [4.69, 9.17) is 0 Å². The Bertz CT molecular complexity index is 196. The molecule has 0 aliphatic heterocycles. The predicted octanol–water partition coefficient (Wildman–Crippen LogP) is 2.46. The molecule has 0 amide bonds. The van der Waals surface area contributed by atoms with Gasteiger partial charge in [-0.3, -0.25) is 4.21 Å². The van der Waals surface area contributed by atoms with Crippen LogP contribution < -0.4 is 5.32 Å². The van der Waals surface area contributed by atoms with Crippen molar-refractivity contribution in [1.82, 2.24) is 5.32 Å². The summed E-state index contributed by atoms with van der Waals surface area (Å²) in [4.78, 5) is 0. The van der Waals surface area contributed by atoms with Gasteiger partial charge in [0.25, 0.3) is 0 Å². The van der Waals surface area contributed by atoms with Crippen LogP contribution in [0.1, 0.15) is 51.9 Å². The molecule has 1 saturated carbocycles. The van der Waals surface area contributed by atoms with Crippen LogP contribution >= 0.6 is 0 Å². The normalized spacial score (nSPS) is 28.9. The first-order valence-electron chi connectivity index (χ1n) is 6.32. The summed E-state index contributed by atoms with van der Waals surface area (Å²) in [5.41, 5.74) is 0. The molecule has 15 heavy (non-hydrogen) atoms. The second kappa shape index (κ2) is 7.39. The van der Waals surface area contributed by atoms with Crippen LogP contribution in [0.2, 0.25) is 0 Å². The minimum Gasteiger partial charge on any atom is -0.317 e. The van der Waals surface area contributed by atoms with Gasteiger partial charge in [-0.15, -0.1) is 0 Å². The monoisotopic (exact) mass is 231 g/mol. The maximum absolute atomic E-state index is 12.0. The highest BCUT2D eigenvalue weighted by atomic mass is 32.2. The summed E-state index contributed by atoms with van der Waals surface area (Å²) >= 11 is 0. The quantitative estimate of drug-likeness (QED) is 0.712. The van der Waals surface area contributed by atoms with E-state index in [1.165, 1.54) is 32.1 Å². The van der Waals surface area contributed by atoms with Gasteiger partial charge in [0.15, 0.2) is 0 Å². The molecule has 3 unspecified atom stereocenters. The molecule has 0 aromatic rings. The first kappa shape index (κ1) is 13.2. The minimum absolute atomic E-state index is 0.466. The molecule has 0 bridgehead atoms. The average Bonchev–Trinajstić information content (AvgIpc) is 2.29. The van der Waals surface area contributed by atoms with E-state index in [0.717, 1.165) is 18.6 Å². The third-order valence-corrected chi connectivity index (χ3v) is 5.22. The summed E-state index contributed by atoms with van der Waals surface area (Å²) in [6.07, 6.45) is 8.40. The number of nitrogens with one attached hydrogen (secondary N) is 1. The fraction of sp³-hybridized carbons (Fsp3) is 1.00. The topological polar surface area (TPSA) is 29.1 Å². The van der Waals surface area contributed by atoms with E-state index in [1.54, 1.807) is 0 Å². The molecule has 1 aliphatic rings. The minimum atomic E-state index is -0.570. The fourth-order valence-electron chi connectivity index (χ4n) is 2.31. The van der Waals surface area contributed by atoms with Gasteiger partial charge < -0.3 is 5.32 Å². The van der Waals surface area contributed by atoms with Crippen molar-refractivity contribution in [2.24, 2.45) is 0 Å². The lowest BCUT2D eigenvalue weighted by Crippen LogP contribution is -2.36. The first-order valence-corrected chi connectivity index (χ1v) is 7.70. The number of rotatable bonds is 6. The van der Waals surface area contributed by atoms with Gasteiger partial charge >= 0.3 is 0 Å². The molecule has 0 aromatic heterocycles. The molecule has 0 heterocycles. The van der Waals surface area contributed by atoms with Gasteiger partial charge in [-0.05, 0) is 32.7 Å². The van der Waals surface area contributed by atoms with E-state index < -0.39 is 10.8 Å². The first-order chi connectivity index (χ1) is 7.27. The standard InChI is InChI=1S/C12H25NOS/c1-3-4-5-9-15(14)12-8-6-7-11(10-12)13-2/h11-13H,3-10H2,1-2H3. The molecule has 0 spiro atoms. The largest absolute Gasteiger partial charge is 0.317 e. The predicted molar refractivity (Wildman–Crippen MR) is 67.6 cm³/mol. The van der Waals surface area contributed by atoms with E-state index in [2.05, 4.69) is 12.2 Å². The van der Waals surface area contributed by atoms with Gasteiger partial charge in [-0.25, -0.2) is 0 Å². The second-order valence-electron chi connectivity index (χ2n) is 4.57. The summed E-state index contributed by atoms with van der Waals surface area (Å²) in [6, 6.07) is 0.610. The van der Waals surface area contributed by atoms with Crippen LogP contribution in [0.5, 0.6) is 0 Å². The van der Waals surface area contributed by atoms with Crippen LogP contribution in [0, 0.1) is 0 Å². The van der Waals surface area contributed by atoms with E-state index in [9.17, 15) is 4.21 Å². The van der Waals surface area contributed by atoms with E-state index in [0.29, 0.717) is 11.3 Å². The van der Waals surface area contributed by atoms with E-state index in [1.807, 2.05) is 7.05 Å². The lowest BCUT2D eigenvalue weighted by Gasteiger charge is -2.28. The zero-order chi connectivity index (χ0) is 11.1. The van der Waals surface area contributed by atoms with Crippen molar-refractivity contribution in [3.05, 3.63) is 0 Å². The van der Waals surface area contributed by atoms with Crippen molar-refractivity contribution < 1.29 is 4.21 Å². The molecule has 0 radical (unpaired) electrons. The number of unbranched alkanes of at least 4 members (excludes halogenated alkanes) is 2.